The van der Waals surface area contributed by atoms with Crippen LogP contribution in [0, 0.1) is 0 Å². The van der Waals surface area contributed by atoms with E-state index < -0.39 is 24.3 Å². The molecule has 0 amide bonds. The highest BCUT2D eigenvalue weighted by Gasteiger charge is 2.22. The topological polar surface area (TPSA) is 111 Å². The minimum atomic E-state index is -1.63. The van der Waals surface area contributed by atoms with Gasteiger partial charge >= 0.3 is 11.9 Å². The highest BCUT2D eigenvalue weighted by atomic mass is 16.7. The Morgan fingerprint density at radius 1 is 0.413 bits per heavy atom. The molecule has 0 N–H and O–H groups in total. The lowest BCUT2D eigenvalue weighted by Gasteiger charge is -2.26. The summed E-state index contributed by atoms with van der Waals surface area (Å²) in [5, 5.41) is 11.8. The van der Waals surface area contributed by atoms with Gasteiger partial charge in [-0.2, -0.15) is 0 Å². The predicted octanol–water partition coefficient (Wildman–Crippen LogP) is 16.3. The van der Waals surface area contributed by atoms with Crippen LogP contribution in [-0.2, 0) is 33.3 Å². The second-order valence-electron chi connectivity index (χ2n) is 20.5. The Morgan fingerprint density at radius 2 is 0.760 bits per heavy atom. The predicted molar refractivity (Wildman–Crippen MR) is 315 cm³/mol. The molecule has 2 unspecified atom stereocenters. The number of nitrogens with zero attached hydrogens (tertiary/aromatic N) is 1. The molecular weight excluding hydrogens is 935 g/mol. The fourth-order valence-corrected chi connectivity index (χ4v) is 7.64. The SMILES string of the molecule is CC/C=C\C/C=C\C/C=C\C/C=C\C/C=C\C/C=C\C/C=C\C/C=C\CCCCCCCCCCCCC(=O)OC(COC(=O)CCCCCCC/C=C\C/C=C\CCCCC)COC(OCC[N+](C)(C)C)C(=O)[O-]. The number of hydrogen-bond donors (Lipinski definition) is 0. The number of carboxylic acids is 1. The monoisotopic (exact) mass is 1040 g/mol. The first kappa shape index (κ1) is 70.7. The minimum Gasteiger partial charge on any atom is -0.545 e. The number of likely N-dealkylation sites (N-methyl/N-ethyl adjacent to an activating group) is 1. The van der Waals surface area contributed by atoms with Gasteiger partial charge < -0.3 is 33.3 Å². The van der Waals surface area contributed by atoms with Crippen LogP contribution in [0.4, 0.5) is 0 Å². The molecule has 0 saturated carbocycles. The van der Waals surface area contributed by atoms with Crippen LogP contribution >= 0.6 is 0 Å². The van der Waals surface area contributed by atoms with Crippen LogP contribution in [0.15, 0.2) is 122 Å². The zero-order valence-corrected chi connectivity index (χ0v) is 48.4. The number of unbranched alkanes of at least 4 members (excludes halogenated alkanes) is 18. The summed E-state index contributed by atoms with van der Waals surface area (Å²) in [6, 6.07) is 0. The number of carbonyl (C=O) groups excluding carboxylic acids is 3. The summed E-state index contributed by atoms with van der Waals surface area (Å²) < 4.78 is 22.7. The van der Waals surface area contributed by atoms with Gasteiger partial charge in [0.25, 0.3) is 0 Å². The van der Waals surface area contributed by atoms with Crippen LogP contribution in [0.2, 0.25) is 0 Å². The van der Waals surface area contributed by atoms with Crippen molar-refractivity contribution in [2.45, 2.75) is 232 Å². The first-order chi connectivity index (χ1) is 36.6. The number of ether oxygens (including phenoxy) is 4. The molecule has 0 aliphatic rings. The van der Waals surface area contributed by atoms with Gasteiger partial charge in [0.1, 0.15) is 13.2 Å². The van der Waals surface area contributed by atoms with Crippen LogP contribution in [0.1, 0.15) is 219 Å². The zero-order chi connectivity index (χ0) is 54.8. The molecule has 0 saturated heterocycles. The lowest BCUT2D eigenvalue weighted by molar-refractivity contribution is -0.870. The Morgan fingerprint density at radius 3 is 1.13 bits per heavy atom. The van der Waals surface area contributed by atoms with Gasteiger partial charge in [-0.15, -0.1) is 0 Å². The van der Waals surface area contributed by atoms with Crippen LogP contribution in [0.5, 0.6) is 0 Å². The normalized spacial score (nSPS) is 13.7. The third kappa shape index (κ3) is 57.2. The Kier molecular flexibility index (Phi) is 52.7. The Labute approximate surface area is 459 Å². The first-order valence-electron chi connectivity index (χ1n) is 29.7. The van der Waals surface area contributed by atoms with Gasteiger partial charge in [0.05, 0.1) is 40.3 Å². The molecule has 0 fully saturated rings. The van der Waals surface area contributed by atoms with E-state index in [1.807, 2.05) is 21.1 Å². The molecule has 9 nitrogen and oxygen atoms in total. The molecule has 426 valence electrons. The van der Waals surface area contributed by atoms with Crippen molar-refractivity contribution in [1.82, 2.24) is 0 Å². The van der Waals surface area contributed by atoms with Crippen molar-refractivity contribution in [3.05, 3.63) is 122 Å². The molecule has 0 aromatic rings. The van der Waals surface area contributed by atoms with Crippen molar-refractivity contribution in [3.63, 3.8) is 0 Å². The number of aliphatic carboxylic acids is 1. The molecule has 9 heteroatoms. The van der Waals surface area contributed by atoms with E-state index in [0.717, 1.165) is 122 Å². The van der Waals surface area contributed by atoms with E-state index in [-0.39, 0.29) is 38.6 Å². The second-order valence-corrected chi connectivity index (χ2v) is 20.5. The smallest absolute Gasteiger partial charge is 0.306 e. The molecule has 0 aliphatic carbocycles. The van der Waals surface area contributed by atoms with Gasteiger partial charge in [-0.05, 0) is 109 Å². The number of carboxylic acid groups (broad SMARTS) is 1. The highest BCUT2D eigenvalue weighted by Crippen LogP contribution is 2.14. The summed E-state index contributed by atoms with van der Waals surface area (Å²) in [5.41, 5.74) is 0. The van der Waals surface area contributed by atoms with E-state index in [4.69, 9.17) is 18.9 Å². The van der Waals surface area contributed by atoms with Crippen LogP contribution in [0.3, 0.4) is 0 Å². The third-order valence-electron chi connectivity index (χ3n) is 12.2. The van der Waals surface area contributed by atoms with Crippen molar-refractivity contribution in [2.24, 2.45) is 0 Å². The zero-order valence-electron chi connectivity index (χ0n) is 48.4. The first-order valence-corrected chi connectivity index (χ1v) is 29.7. The van der Waals surface area contributed by atoms with Crippen molar-refractivity contribution < 1.29 is 42.9 Å². The van der Waals surface area contributed by atoms with E-state index in [1.54, 1.807) is 0 Å². The van der Waals surface area contributed by atoms with E-state index in [0.29, 0.717) is 17.4 Å². The standard InChI is InChI=1S/C66H109NO8/c1-6-8-10-12-14-16-18-20-22-23-24-25-26-27-28-29-30-31-32-33-34-35-36-37-38-39-40-41-43-45-47-49-51-53-55-57-64(69)75-62(61-74-66(65(70)71)72-59-58-67(3,4)5)60-73-63(68)56-54-52-50-48-46-44-42-21-19-17-15-13-11-9-7-2/h8,10,14-17,20-22,24-25,27-28,30-31,33-34,36-37,42,62,66H,6-7,9,11-13,18-19,23,26,29,32,35,38-41,43-61H2,1-5H3/b10-8-,16-14-,17-15-,22-20-,25-24-,28-27-,31-30-,34-33-,37-36-,42-21-. The average molecular weight is 1040 g/mol. The maximum atomic E-state index is 12.9. The van der Waals surface area contributed by atoms with Crippen molar-refractivity contribution in [1.29, 1.82) is 0 Å². The molecule has 0 aliphatic heterocycles. The lowest BCUT2D eigenvalue weighted by Crippen LogP contribution is -2.44. The third-order valence-corrected chi connectivity index (χ3v) is 12.2. The average Bonchev–Trinajstić information content (AvgIpc) is 3.38. The van der Waals surface area contributed by atoms with E-state index in [2.05, 4.69) is 135 Å². The van der Waals surface area contributed by atoms with Gasteiger partial charge in [0, 0.05) is 12.8 Å². The number of carbonyl (C=O) groups is 3. The van der Waals surface area contributed by atoms with Crippen molar-refractivity contribution in [2.75, 3.05) is 47.5 Å². The Balaban J connectivity index is 4.21. The molecule has 0 bridgehead atoms. The number of allylic oxidation sites excluding steroid dienone is 20. The molecular formula is C66H109NO8. The number of quaternary nitrogens is 1. The van der Waals surface area contributed by atoms with E-state index >= 15 is 0 Å². The lowest BCUT2D eigenvalue weighted by atomic mass is 10.0. The largest absolute Gasteiger partial charge is 0.545 e. The van der Waals surface area contributed by atoms with Crippen LogP contribution in [0.25, 0.3) is 0 Å². The number of rotatable bonds is 53. The fourth-order valence-electron chi connectivity index (χ4n) is 7.64. The maximum absolute atomic E-state index is 12.9. The van der Waals surface area contributed by atoms with E-state index in [9.17, 15) is 19.5 Å². The quantitative estimate of drug-likeness (QED) is 0.0195. The van der Waals surface area contributed by atoms with Crippen molar-refractivity contribution >= 4 is 17.9 Å². The minimum absolute atomic E-state index is 0.139. The van der Waals surface area contributed by atoms with Gasteiger partial charge in [-0.25, -0.2) is 0 Å². The molecule has 0 aromatic carbocycles. The second kappa shape index (κ2) is 55.9. The molecule has 0 spiro atoms. The van der Waals surface area contributed by atoms with Crippen molar-refractivity contribution in [3.8, 4) is 0 Å². The molecule has 2 atom stereocenters. The fraction of sp³-hybridized carbons (Fsp3) is 0.652. The molecule has 75 heavy (non-hydrogen) atoms. The summed E-state index contributed by atoms with van der Waals surface area (Å²) in [6.07, 6.45) is 75.3. The number of esters is 2. The maximum Gasteiger partial charge on any atom is 0.306 e. The summed E-state index contributed by atoms with van der Waals surface area (Å²) in [5.74, 6) is -2.32. The van der Waals surface area contributed by atoms with Gasteiger partial charge in [-0.3, -0.25) is 9.59 Å². The van der Waals surface area contributed by atoms with Crippen LogP contribution < -0.4 is 5.11 Å². The molecule has 0 radical (unpaired) electrons. The van der Waals surface area contributed by atoms with E-state index in [1.165, 1.54) is 64.2 Å². The summed E-state index contributed by atoms with van der Waals surface area (Å²) >= 11 is 0. The Bertz CT molecular complexity index is 1640. The Hall–Kier alpha value is -4.31. The summed E-state index contributed by atoms with van der Waals surface area (Å²) in [6.45, 7) is 4.57. The van der Waals surface area contributed by atoms with Gasteiger partial charge in [-0.1, -0.05) is 219 Å². The summed E-state index contributed by atoms with van der Waals surface area (Å²) in [4.78, 5) is 37.2. The number of hydrogen-bond acceptors (Lipinski definition) is 8. The molecule has 0 aromatic heterocycles. The van der Waals surface area contributed by atoms with Crippen LogP contribution in [-0.4, -0.2) is 82.3 Å². The van der Waals surface area contributed by atoms with Gasteiger partial charge in [0.2, 0.25) is 0 Å². The van der Waals surface area contributed by atoms with Gasteiger partial charge in [0.15, 0.2) is 12.4 Å². The highest BCUT2D eigenvalue weighted by molar-refractivity contribution is 5.70. The molecule has 0 heterocycles. The summed E-state index contributed by atoms with van der Waals surface area (Å²) in [7, 11) is 5.91. The molecule has 0 rings (SSSR count).